The molecule has 2 heterocycles. The van der Waals surface area contributed by atoms with Crippen molar-refractivity contribution in [2.24, 2.45) is 0 Å². The number of aromatic nitrogens is 1. The van der Waals surface area contributed by atoms with Crippen molar-refractivity contribution in [3.05, 3.63) is 46.4 Å². The third kappa shape index (κ3) is 3.14. The molecule has 1 aliphatic heterocycles. The number of para-hydroxylation sites is 1. The molecule has 0 unspecified atom stereocenters. The van der Waals surface area contributed by atoms with E-state index in [2.05, 4.69) is 57.4 Å². The molecule has 0 N–H and O–H groups in total. The molecule has 0 spiro atoms. The fourth-order valence-corrected chi connectivity index (χ4v) is 3.12. The van der Waals surface area contributed by atoms with Gasteiger partial charge in [-0.1, -0.05) is 18.2 Å². The highest BCUT2D eigenvalue weighted by Gasteiger charge is 2.17. The van der Waals surface area contributed by atoms with Gasteiger partial charge in [0.15, 0.2) is 0 Å². The summed E-state index contributed by atoms with van der Waals surface area (Å²) in [6, 6.07) is 10.7. The van der Waals surface area contributed by atoms with Gasteiger partial charge in [0.1, 0.15) is 0 Å². The average molecular weight is 273 g/mol. The van der Waals surface area contributed by atoms with Gasteiger partial charge < -0.3 is 4.90 Å². The average Bonchev–Trinajstić information content (AvgIpc) is 2.86. The van der Waals surface area contributed by atoms with Gasteiger partial charge in [-0.05, 0) is 19.1 Å². The maximum atomic E-state index is 4.55. The number of nitrogens with zero attached hydrogens (tertiary/aromatic N) is 3. The molecule has 1 aliphatic rings. The van der Waals surface area contributed by atoms with Crippen LogP contribution in [0.2, 0.25) is 0 Å². The molecule has 1 fully saturated rings. The molecular formula is C15H19N3S. The van der Waals surface area contributed by atoms with Crippen molar-refractivity contribution in [1.82, 2.24) is 9.88 Å². The highest BCUT2D eigenvalue weighted by atomic mass is 32.1. The van der Waals surface area contributed by atoms with Crippen LogP contribution in [0.3, 0.4) is 0 Å². The van der Waals surface area contributed by atoms with Crippen LogP contribution in [0.4, 0.5) is 5.69 Å². The van der Waals surface area contributed by atoms with Gasteiger partial charge in [0, 0.05) is 43.8 Å². The quantitative estimate of drug-likeness (QED) is 0.857. The lowest BCUT2D eigenvalue weighted by Gasteiger charge is -2.35. The van der Waals surface area contributed by atoms with Crippen molar-refractivity contribution in [3.8, 4) is 0 Å². The van der Waals surface area contributed by atoms with E-state index in [4.69, 9.17) is 0 Å². The summed E-state index contributed by atoms with van der Waals surface area (Å²) >= 11 is 1.74. The van der Waals surface area contributed by atoms with Crippen molar-refractivity contribution in [1.29, 1.82) is 0 Å². The van der Waals surface area contributed by atoms with E-state index in [1.807, 2.05) is 0 Å². The molecule has 1 aromatic carbocycles. The van der Waals surface area contributed by atoms with E-state index in [1.165, 1.54) is 11.4 Å². The van der Waals surface area contributed by atoms with Crippen LogP contribution in [0, 0.1) is 6.92 Å². The van der Waals surface area contributed by atoms with Crippen LogP contribution in [-0.2, 0) is 6.54 Å². The van der Waals surface area contributed by atoms with Gasteiger partial charge in [-0.2, -0.15) is 0 Å². The molecule has 0 atom stereocenters. The highest BCUT2D eigenvalue weighted by molar-refractivity contribution is 7.09. The van der Waals surface area contributed by atoms with Gasteiger partial charge in [0.25, 0.3) is 0 Å². The highest BCUT2D eigenvalue weighted by Crippen LogP contribution is 2.17. The van der Waals surface area contributed by atoms with E-state index < -0.39 is 0 Å². The molecule has 100 valence electrons. The molecule has 3 rings (SSSR count). The van der Waals surface area contributed by atoms with Gasteiger partial charge >= 0.3 is 0 Å². The number of anilines is 1. The Morgan fingerprint density at radius 2 is 1.84 bits per heavy atom. The zero-order valence-electron chi connectivity index (χ0n) is 11.2. The van der Waals surface area contributed by atoms with Gasteiger partial charge in [-0.25, -0.2) is 4.98 Å². The summed E-state index contributed by atoms with van der Waals surface area (Å²) in [5, 5.41) is 3.34. The summed E-state index contributed by atoms with van der Waals surface area (Å²) < 4.78 is 0. The molecule has 0 aliphatic carbocycles. The van der Waals surface area contributed by atoms with Crippen molar-refractivity contribution < 1.29 is 0 Å². The van der Waals surface area contributed by atoms with E-state index in [1.54, 1.807) is 11.3 Å². The smallest absolute Gasteiger partial charge is 0.0897 e. The molecule has 0 saturated carbocycles. The van der Waals surface area contributed by atoms with Crippen molar-refractivity contribution in [3.63, 3.8) is 0 Å². The Morgan fingerprint density at radius 1 is 1.11 bits per heavy atom. The summed E-state index contributed by atoms with van der Waals surface area (Å²) in [6.45, 7) is 7.51. The Hall–Kier alpha value is -1.39. The number of piperazine rings is 1. The fraction of sp³-hybridized carbons (Fsp3) is 0.400. The Labute approximate surface area is 118 Å². The molecule has 0 radical (unpaired) electrons. The first kappa shape index (κ1) is 12.6. The van der Waals surface area contributed by atoms with E-state index in [0.717, 1.165) is 37.7 Å². The molecule has 2 aromatic rings. The van der Waals surface area contributed by atoms with Crippen molar-refractivity contribution in [2.45, 2.75) is 13.5 Å². The van der Waals surface area contributed by atoms with Gasteiger partial charge in [-0.3, -0.25) is 4.90 Å². The summed E-state index contributed by atoms with van der Waals surface area (Å²) in [6.07, 6.45) is 0. The lowest BCUT2D eigenvalue weighted by molar-refractivity contribution is 0.247. The maximum absolute atomic E-state index is 4.55. The molecule has 4 heteroatoms. The Balaban J connectivity index is 1.55. The lowest BCUT2D eigenvalue weighted by atomic mass is 10.2. The lowest BCUT2D eigenvalue weighted by Crippen LogP contribution is -2.46. The standard InChI is InChI=1S/C15H19N3S/c1-13-16-14(12-19-13)11-17-7-9-18(10-8-17)15-5-3-2-4-6-15/h2-6,12H,7-11H2,1H3. The molecule has 0 amide bonds. The van der Waals surface area contributed by atoms with Crippen LogP contribution < -0.4 is 4.90 Å². The monoisotopic (exact) mass is 273 g/mol. The van der Waals surface area contributed by atoms with Crippen LogP contribution in [-0.4, -0.2) is 36.1 Å². The molecule has 1 aromatic heterocycles. The molecular weight excluding hydrogens is 254 g/mol. The minimum absolute atomic E-state index is 0.993. The number of benzene rings is 1. The summed E-state index contributed by atoms with van der Waals surface area (Å²) in [7, 11) is 0. The van der Waals surface area contributed by atoms with Crippen LogP contribution in [0.15, 0.2) is 35.7 Å². The first-order valence-electron chi connectivity index (χ1n) is 6.74. The van der Waals surface area contributed by atoms with Crippen molar-refractivity contribution in [2.75, 3.05) is 31.1 Å². The summed E-state index contributed by atoms with van der Waals surface area (Å²) in [5.74, 6) is 0. The third-order valence-electron chi connectivity index (χ3n) is 3.55. The van der Waals surface area contributed by atoms with Gasteiger partial charge in [0.2, 0.25) is 0 Å². The third-order valence-corrected chi connectivity index (χ3v) is 4.37. The van der Waals surface area contributed by atoms with Crippen molar-refractivity contribution >= 4 is 17.0 Å². The van der Waals surface area contributed by atoms with Crippen LogP contribution in [0.5, 0.6) is 0 Å². The van der Waals surface area contributed by atoms with E-state index >= 15 is 0 Å². The number of hydrogen-bond donors (Lipinski definition) is 0. The minimum Gasteiger partial charge on any atom is -0.369 e. The predicted octanol–water partition coefficient (Wildman–Crippen LogP) is 2.77. The summed E-state index contributed by atoms with van der Waals surface area (Å²) in [4.78, 5) is 9.50. The van der Waals surface area contributed by atoms with E-state index in [9.17, 15) is 0 Å². The normalized spacial score (nSPS) is 16.8. The number of hydrogen-bond acceptors (Lipinski definition) is 4. The predicted molar refractivity (Wildman–Crippen MR) is 80.8 cm³/mol. The largest absolute Gasteiger partial charge is 0.369 e. The number of rotatable bonds is 3. The van der Waals surface area contributed by atoms with Crippen LogP contribution in [0.25, 0.3) is 0 Å². The molecule has 1 saturated heterocycles. The first-order chi connectivity index (χ1) is 9.31. The van der Waals surface area contributed by atoms with Crippen LogP contribution in [0.1, 0.15) is 10.7 Å². The maximum Gasteiger partial charge on any atom is 0.0897 e. The topological polar surface area (TPSA) is 19.4 Å². The number of thiazole rings is 1. The molecule has 19 heavy (non-hydrogen) atoms. The second kappa shape index (κ2) is 5.72. The fourth-order valence-electron chi connectivity index (χ4n) is 2.51. The van der Waals surface area contributed by atoms with E-state index in [0.29, 0.717) is 0 Å². The zero-order chi connectivity index (χ0) is 13.1. The minimum atomic E-state index is 0.993. The SMILES string of the molecule is Cc1nc(CN2CCN(c3ccccc3)CC2)cs1. The Morgan fingerprint density at radius 3 is 2.47 bits per heavy atom. The second-order valence-corrected chi connectivity index (χ2v) is 6.02. The van der Waals surface area contributed by atoms with Gasteiger partial charge in [0.05, 0.1) is 10.7 Å². The van der Waals surface area contributed by atoms with Gasteiger partial charge in [-0.15, -0.1) is 11.3 Å². The Bertz CT molecular complexity index is 515. The second-order valence-electron chi connectivity index (χ2n) is 4.96. The molecule has 3 nitrogen and oxygen atoms in total. The zero-order valence-corrected chi connectivity index (χ0v) is 12.1. The first-order valence-corrected chi connectivity index (χ1v) is 7.62. The Kier molecular flexibility index (Phi) is 3.80. The molecule has 0 bridgehead atoms. The summed E-state index contributed by atoms with van der Waals surface area (Å²) in [5.41, 5.74) is 2.56. The number of aryl methyl sites for hydroxylation is 1. The van der Waals surface area contributed by atoms with Crippen LogP contribution >= 0.6 is 11.3 Å². The van der Waals surface area contributed by atoms with E-state index in [-0.39, 0.29) is 0 Å².